The van der Waals surface area contributed by atoms with Crippen molar-refractivity contribution in [2.24, 2.45) is 0 Å². The highest BCUT2D eigenvalue weighted by atomic mass is 16.3. The summed E-state index contributed by atoms with van der Waals surface area (Å²) >= 11 is 0. The molecule has 3 heteroatoms. The van der Waals surface area contributed by atoms with Crippen molar-refractivity contribution in [1.82, 2.24) is 9.88 Å². The molecular weight excluding hydrogens is 260 g/mol. The minimum atomic E-state index is -0.454. The first-order valence-corrected chi connectivity index (χ1v) is 7.55. The highest BCUT2D eigenvalue weighted by molar-refractivity contribution is 5.18. The van der Waals surface area contributed by atoms with Gasteiger partial charge in [0.25, 0.3) is 0 Å². The zero-order chi connectivity index (χ0) is 15.1. The van der Waals surface area contributed by atoms with Crippen LogP contribution in [0.2, 0.25) is 0 Å². The smallest absolute Gasteiger partial charge is 0.0944 e. The Morgan fingerprint density at radius 3 is 2.43 bits per heavy atom. The van der Waals surface area contributed by atoms with Crippen LogP contribution in [0.4, 0.5) is 0 Å². The van der Waals surface area contributed by atoms with E-state index in [0.29, 0.717) is 0 Å². The molecule has 0 aliphatic heterocycles. The van der Waals surface area contributed by atoms with Crippen molar-refractivity contribution in [2.45, 2.75) is 31.9 Å². The number of nitrogens with zero attached hydrogens (tertiary/aromatic N) is 2. The molecule has 2 unspecified atom stereocenters. The molecule has 0 aliphatic rings. The first-order chi connectivity index (χ1) is 10.2. The Kier molecular flexibility index (Phi) is 5.90. The molecule has 0 aliphatic carbocycles. The topological polar surface area (TPSA) is 36.4 Å². The van der Waals surface area contributed by atoms with Crippen LogP contribution in [0.1, 0.15) is 30.7 Å². The third-order valence-electron chi connectivity index (χ3n) is 3.94. The summed E-state index contributed by atoms with van der Waals surface area (Å²) < 4.78 is 0. The monoisotopic (exact) mass is 284 g/mol. The Balaban J connectivity index is 1.96. The third kappa shape index (κ3) is 4.38. The quantitative estimate of drug-likeness (QED) is 0.849. The lowest BCUT2D eigenvalue weighted by Crippen LogP contribution is -2.37. The Morgan fingerprint density at radius 1 is 1.10 bits per heavy atom. The molecule has 1 aromatic heterocycles. The van der Waals surface area contributed by atoms with Crippen LogP contribution in [0.3, 0.4) is 0 Å². The van der Waals surface area contributed by atoms with Gasteiger partial charge in [-0.3, -0.25) is 4.98 Å². The van der Waals surface area contributed by atoms with Gasteiger partial charge in [-0.05, 0) is 31.2 Å². The molecule has 2 aromatic rings. The number of aromatic nitrogens is 1. The molecule has 21 heavy (non-hydrogen) atoms. The predicted octanol–water partition coefficient (Wildman–Crippen LogP) is 3.07. The molecule has 0 saturated carbocycles. The highest BCUT2D eigenvalue weighted by Gasteiger charge is 2.22. The van der Waals surface area contributed by atoms with E-state index in [1.807, 2.05) is 54.7 Å². The molecule has 1 heterocycles. The summed E-state index contributed by atoms with van der Waals surface area (Å²) in [4.78, 5) is 6.58. The lowest BCUT2D eigenvalue weighted by Gasteiger charge is -2.31. The standard InChI is InChI=1S/C18H24N2O/c1-3-17(18(21)15-9-5-4-6-10-15)20(2)14-12-16-11-7-8-13-19-16/h4-11,13,17-18,21H,3,12,14H2,1-2H3. The highest BCUT2D eigenvalue weighted by Crippen LogP contribution is 2.22. The first kappa shape index (κ1) is 15.7. The van der Waals surface area contributed by atoms with E-state index in [2.05, 4.69) is 23.9 Å². The molecule has 1 aromatic carbocycles. The fourth-order valence-corrected chi connectivity index (χ4v) is 2.65. The SMILES string of the molecule is CCC(C(O)c1ccccc1)N(C)CCc1ccccn1. The molecule has 112 valence electrons. The molecule has 0 fully saturated rings. The van der Waals surface area contributed by atoms with Gasteiger partial charge in [0.05, 0.1) is 6.10 Å². The van der Waals surface area contributed by atoms with Gasteiger partial charge in [0.15, 0.2) is 0 Å². The lowest BCUT2D eigenvalue weighted by atomic mass is 9.99. The average Bonchev–Trinajstić information content (AvgIpc) is 2.55. The maximum absolute atomic E-state index is 10.6. The Hall–Kier alpha value is -1.71. The van der Waals surface area contributed by atoms with Crippen molar-refractivity contribution in [3.05, 3.63) is 66.0 Å². The van der Waals surface area contributed by atoms with Gasteiger partial charge in [-0.15, -0.1) is 0 Å². The second-order valence-electron chi connectivity index (χ2n) is 5.38. The van der Waals surface area contributed by atoms with Crippen LogP contribution in [0.15, 0.2) is 54.7 Å². The molecule has 1 N–H and O–H groups in total. The number of aliphatic hydroxyl groups is 1. The number of benzene rings is 1. The van der Waals surface area contributed by atoms with Crippen molar-refractivity contribution in [3.63, 3.8) is 0 Å². The van der Waals surface area contributed by atoms with Crippen molar-refractivity contribution in [2.75, 3.05) is 13.6 Å². The molecule has 0 saturated heterocycles. The van der Waals surface area contributed by atoms with E-state index >= 15 is 0 Å². The number of aliphatic hydroxyl groups excluding tert-OH is 1. The molecule has 2 atom stereocenters. The Bertz CT molecular complexity index is 515. The van der Waals surface area contributed by atoms with Gasteiger partial charge in [0.1, 0.15) is 0 Å². The summed E-state index contributed by atoms with van der Waals surface area (Å²) in [5.41, 5.74) is 2.07. The molecular formula is C18H24N2O. The van der Waals surface area contributed by atoms with Gasteiger partial charge in [0, 0.05) is 30.9 Å². The van der Waals surface area contributed by atoms with Crippen LogP contribution < -0.4 is 0 Å². The van der Waals surface area contributed by atoms with Crippen molar-refractivity contribution < 1.29 is 5.11 Å². The molecule has 0 radical (unpaired) electrons. The fraction of sp³-hybridized carbons (Fsp3) is 0.389. The van der Waals surface area contributed by atoms with Crippen LogP contribution in [-0.2, 0) is 6.42 Å². The van der Waals surface area contributed by atoms with Gasteiger partial charge in [-0.2, -0.15) is 0 Å². The number of hydrogen-bond donors (Lipinski definition) is 1. The van der Waals surface area contributed by atoms with E-state index in [9.17, 15) is 5.11 Å². The Labute approximate surface area is 127 Å². The maximum atomic E-state index is 10.6. The molecule has 0 amide bonds. The average molecular weight is 284 g/mol. The number of hydrogen-bond acceptors (Lipinski definition) is 3. The van der Waals surface area contributed by atoms with E-state index in [0.717, 1.165) is 30.6 Å². The molecule has 2 rings (SSSR count). The summed E-state index contributed by atoms with van der Waals surface area (Å²) in [5.74, 6) is 0. The van der Waals surface area contributed by atoms with Crippen LogP contribution in [0.5, 0.6) is 0 Å². The van der Waals surface area contributed by atoms with Gasteiger partial charge < -0.3 is 10.0 Å². The van der Waals surface area contributed by atoms with Crippen molar-refractivity contribution in [3.8, 4) is 0 Å². The third-order valence-corrected chi connectivity index (χ3v) is 3.94. The summed E-state index contributed by atoms with van der Waals surface area (Å²) in [6, 6.07) is 16.0. The summed E-state index contributed by atoms with van der Waals surface area (Å²) in [6.45, 7) is 3.01. The van der Waals surface area contributed by atoms with E-state index in [1.165, 1.54) is 0 Å². The number of likely N-dealkylation sites (N-methyl/N-ethyl adjacent to an activating group) is 1. The zero-order valence-electron chi connectivity index (χ0n) is 12.8. The Morgan fingerprint density at radius 2 is 1.81 bits per heavy atom. The molecule has 0 bridgehead atoms. The van der Waals surface area contributed by atoms with Crippen molar-refractivity contribution >= 4 is 0 Å². The van der Waals surface area contributed by atoms with Gasteiger partial charge in [0.2, 0.25) is 0 Å². The minimum absolute atomic E-state index is 0.121. The van der Waals surface area contributed by atoms with Crippen LogP contribution in [-0.4, -0.2) is 34.6 Å². The minimum Gasteiger partial charge on any atom is -0.387 e. The summed E-state index contributed by atoms with van der Waals surface area (Å²) in [7, 11) is 2.07. The van der Waals surface area contributed by atoms with Crippen LogP contribution in [0, 0.1) is 0 Å². The normalized spacial score (nSPS) is 14.1. The van der Waals surface area contributed by atoms with E-state index in [1.54, 1.807) is 0 Å². The maximum Gasteiger partial charge on any atom is 0.0944 e. The largest absolute Gasteiger partial charge is 0.387 e. The second-order valence-corrected chi connectivity index (χ2v) is 5.38. The summed E-state index contributed by atoms with van der Waals surface area (Å²) in [6.07, 6.45) is 3.18. The predicted molar refractivity (Wildman–Crippen MR) is 86.1 cm³/mol. The fourth-order valence-electron chi connectivity index (χ4n) is 2.65. The van der Waals surface area contributed by atoms with E-state index in [-0.39, 0.29) is 6.04 Å². The van der Waals surface area contributed by atoms with Gasteiger partial charge >= 0.3 is 0 Å². The van der Waals surface area contributed by atoms with E-state index in [4.69, 9.17) is 0 Å². The van der Waals surface area contributed by atoms with E-state index < -0.39 is 6.10 Å². The first-order valence-electron chi connectivity index (χ1n) is 7.55. The lowest BCUT2D eigenvalue weighted by molar-refractivity contribution is 0.0606. The van der Waals surface area contributed by atoms with Crippen LogP contribution >= 0.6 is 0 Å². The summed E-state index contributed by atoms with van der Waals surface area (Å²) in [5, 5.41) is 10.6. The second kappa shape index (κ2) is 7.91. The molecule has 3 nitrogen and oxygen atoms in total. The zero-order valence-corrected chi connectivity index (χ0v) is 12.8. The van der Waals surface area contributed by atoms with Gasteiger partial charge in [-0.25, -0.2) is 0 Å². The number of pyridine rings is 1. The van der Waals surface area contributed by atoms with Gasteiger partial charge in [-0.1, -0.05) is 43.3 Å². The number of rotatable bonds is 7. The van der Waals surface area contributed by atoms with Crippen LogP contribution in [0.25, 0.3) is 0 Å². The molecule has 0 spiro atoms. The van der Waals surface area contributed by atoms with Crippen molar-refractivity contribution in [1.29, 1.82) is 0 Å².